The van der Waals surface area contributed by atoms with Gasteiger partial charge in [-0.3, -0.25) is 4.79 Å². The molecule has 1 aromatic carbocycles. The fraction of sp³-hybridized carbons (Fsp3) is 0.316. The summed E-state index contributed by atoms with van der Waals surface area (Å²) in [6, 6.07) is 7.43. The highest BCUT2D eigenvalue weighted by atomic mass is 32.1. The van der Waals surface area contributed by atoms with Gasteiger partial charge in [-0.1, -0.05) is 0 Å². The zero-order valence-electron chi connectivity index (χ0n) is 15.8. The van der Waals surface area contributed by atoms with E-state index in [1.54, 1.807) is 14.0 Å². The normalized spacial score (nSPS) is 10.8. The molecule has 2 heterocycles. The number of carbonyl (C=O) groups is 1. The average molecular weight is 403 g/mol. The Kier molecular flexibility index (Phi) is 6.27. The number of hydrogen-bond acceptors (Lipinski definition) is 8. The maximum atomic E-state index is 12.5. The van der Waals surface area contributed by atoms with Crippen LogP contribution in [0.15, 0.2) is 29.1 Å². The number of aryl methyl sites for hydroxylation is 1. The molecule has 2 aromatic heterocycles. The standard InChI is InChI=1S/C19H21N3O5S/c1-11-15-17(23)21-14(10-20-12-4-6-13(26-3)7-5-12)22-18(15)28-16(11)19(24)27-9-8-25-2/h4-7,20H,8-10H2,1-3H3,(H,21,22,23). The number of methoxy groups -OCH3 is 2. The van der Waals surface area contributed by atoms with E-state index in [2.05, 4.69) is 15.3 Å². The highest BCUT2D eigenvalue weighted by Crippen LogP contribution is 2.27. The lowest BCUT2D eigenvalue weighted by Crippen LogP contribution is -2.14. The van der Waals surface area contributed by atoms with E-state index in [1.807, 2.05) is 24.3 Å². The van der Waals surface area contributed by atoms with Crippen LogP contribution in [0.3, 0.4) is 0 Å². The summed E-state index contributed by atoms with van der Waals surface area (Å²) in [4.78, 5) is 32.9. The van der Waals surface area contributed by atoms with Gasteiger partial charge < -0.3 is 24.5 Å². The van der Waals surface area contributed by atoms with Crippen molar-refractivity contribution >= 4 is 33.2 Å². The van der Waals surface area contributed by atoms with E-state index in [9.17, 15) is 9.59 Å². The van der Waals surface area contributed by atoms with Gasteiger partial charge in [0.2, 0.25) is 0 Å². The number of hydrogen-bond donors (Lipinski definition) is 2. The number of carbonyl (C=O) groups excluding carboxylic acids is 1. The fourth-order valence-electron chi connectivity index (χ4n) is 2.64. The largest absolute Gasteiger partial charge is 0.497 e. The maximum absolute atomic E-state index is 12.5. The van der Waals surface area contributed by atoms with Gasteiger partial charge in [-0.2, -0.15) is 0 Å². The first-order chi connectivity index (χ1) is 13.5. The van der Waals surface area contributed by atoms with Gasteiger partial charge in [0, 0.05) is 12.8 Å². The zero-order chi connectivity index (χ0) is 20.1. The van der Waals surface area contributed by atoms with Gasteiger partial charge in [0.05, 0.1) is 25.6 Å². The van der Waals surface area contributed by atoms with Crippen LogP contribution in [0.5, 0.6) is 5.75 Å². The topological polar surface area (TPSA) is 103 Å². The Morgan fingerprint density at radius 3 is 2.64 bits per heavy atom. The Morgan fingerprint density at radius 1 is 1.21 bits per heavy atom. The molecule has 0 bridgehead atoms. The lowest BCUT2D eigenvalue weighted by Gasteiger charge is -2.07. The number of thiophene rings is 1. The number of nitrogens with one attached hydrogen (secondary N) is 2. The van der Waals surface area contributed by atoms with Gasteiger partial charge in [0.15, 0.2) is 0 Å². The molecule has 8 nitrogen and oxygen atoms in total. The maximum Gasteiger partial charge on any atom is 0.348 e. The molecule has 3 rings (SSSR count). The second kappa shape index (κ2) is 8.85. The van der Waals surface area contributed by atoms with Gasteiger partial charge in [0.1, 0.15) is 27.9 Å². The monoisotopic (exact) mass is 403 g/mol. The lowest BCUT2D eigenvalue weighted by molar-refractivity contribution is 0.0393. The van der Waals surface area contributed by atoms with Crippen LogP contribution in [0.1, 0.15) is 21.1 Å². The molecule has 0 spiro atoms. The highest BCUT2D eigenvalue weighted by molar-refractivity contribution is 7.20. The van der Waals surface area contributed by atoms with Crippen LogP contribution in [0.2, 0.25) is 0 Å². The zero-order valence-corrected chi connectivity index (χ0v) is 16.6. The van der Waals surface area contributed by atoms with Gasteiger partial charge in [0.25, 0.3) is 5.56 Å². The third kappa shape index (κ3) is 4.32. The number of anilines is 1. The van der Waals surface area contributed by atoms with Crippen LogP contribution in [0.4, 0.5) is 5.69 Å². The molecule has 28 heavy (non-hydrogen) atoms. The predicted molar refractivity (Wildman–Crippen MR) is 107 cm³/mol. The smallest absolute Gasteiger partial charge is 0.348 e. The Hall–Kier alpha value is -2.91. The second-order valence-electron chi connectivity index (χ2n) is 5.96. The minimum absolute atomic E-state index is 0.157. The van der Waals surface area contributed by atoms with Gasteiger partial charge >= 0.3 is 5.97 Å². The van der Waals surface area contributed by atoms with E-state index in [4.69, 9.17) is 14.2 Å². The molecule has 9 heteroatoms. The second-order valence-corrected chi connectivity index (χ2v) is 6.96. The number of fused-ring (bicyclic) bond motifs is 1. The molecule has 0 saturated carbocycles. The molecule has 0 aliphatic carbocycles. The molecular formula is C19H21N3O5S. The third-order valence-electron chi connectivity index (χ3n) is 4.11. The summed E-state index contributed by atoms with van der Waals surface area (Å²) in [6.07, 6.45) is 0. The Bertz CT molecular complexity index is 1030. The molecule has 0 aliphatic heterocycles. The summed E-state index contributed by atoms with van der Waals surface area (Å²) in [7, 11) is 3.14. The fourth-order valence-corrected chi connectivity index (χ4v) is 3.74. The number of ether oxygens (including phenoxy) is 3. The number of aromatic amines is 1. The van der Waals surface area contributed by atoms with Crippen molar-refractivity contribution in [3.8, 4) is 5.75 Å². The molecular weight excluding hydrogens is 382 g/mol. The van der Waals surface area contributed by atoms with Crippen molar-refractivity contribution in [3.63, 3.8) is 0 Å². The van der Waals surface area contributed by atoms with Crippen molar-refractivity contribution in [3.05, 3.63) is 50.9 Å². The SMILES string of the molecule is COCCOC(=O)c1sc2nc(CNc3ccc(OC)cc3)[nH]c(=O)c2c1C. The van der Waals surface area contributed by atoms with E-state index in [0.29, 0.717) is 39.6 Å². The molecule has 2 N–H and O–H groups in total. The molecule has 3 aromatic rings. The average Bonchev–Trinajstić information content (AvgIpc) is 3.04. The van der Waals surface area contributed by atoms with Crippen LogP contribution in [-0.2, 0) is 16.0 Å². The molecule has 0 aliphatic rings. The summed E-state index contributed by atoms with van der Waals surface area (Å²) in [5.74, 6) is 0.765. The Balaban J connectivity index is 1.79. The van der Waals surface area contributed by atoms with Crippen molar-refractivity contribution in [2.75, 3.05) is 32.8 Å². The van der Waals surface area contributed by atoms with Gasteiger partial charge in [-0.05, 0) is 36.8 Å². The van der Waals surface area contributed by atoms with E-state index in [-0.39, 0.29) is 12.2 Å². The number of nitrogens with zero attached hydrogens (tertiary/aromatic N) is 1. The summed E-state index contributed by atoms with van der Waals surface area (Å²) in [5.41, 5.74) is 1.17. The highest BCUT2D eigenvalue weighted by Gasteiger charge is 2.20. The number of benzene rings is 1. The molecule has 0 amide bonds. The predicted octanol–water partition coefficient (Wildman–Crippen LogP) is 2.72. The van der Waals surface area contributed by atoms with Crippen LogP contribution in [0.25, 0.3) is 10.2 Å². The molecule has 148 valence electrons. The summed E-state index contributed by atoms with van der Waals surface area (Å²) >= 11 is 1.15. The minimum atomic E-state index is -0.477. The Labute approximate surface area is 165 Å². The molecule has 0 fully saturated rings. The molecule has 0 unspecified atom stereocenters. The minimum Gasteiger partial charge on any atom is -0.497 e. The van der Waals surface area contributed by atoms with Gasteiger partial charge in [-0.25, -0.2) is 9.78 Å². The lowest BCUT2D eigenvalue weighted by atomic mass is 10.2. The first kappa shape index (κ1) is 19.8. The molecule has 0 radical (unpaired) electrons. The van der Waals surface area contributed by atoms with E-state index in [1.165, 1.54) is 7.11 Å². The number of esters is 1. The first-order valence-corrected chi connectivity index (χ1v) is 9.41. The van der Waals surface area contributed by atoms with E-state index >= 15 is 0 Å². The van der Waals surface area contributed by atoms with Crippen LogP contribution in [0, 0.1) is 6.92 Å². The number of rotatable bonds is 8. The van der Waals surface area contributed by atoms with E-state index < -0.39 is 5.97 Å². The third-order valence-corrected chi connectivity index (χ3v) is 5.27. The molecule has 0 saturated heterocycles. The van der Waals surface area contributed by atoms with Crippen molar-refractivity contribution in [1.82, 2.24) is 9.97 Å². The first-order valence-electron chi connectivity index (χ1n) is 8.59. The summed E-state index contributed by atoms with van der Waals surface area (Å²) < 4.78 is 15.2. The van der Waals surface area contributed by atoms with Crippen molar-refractivity contribution in [2.45, 2.75) is 13.5 Å². The number of H-pyrrole nitrogens is 1. The van der Waals surface area contributed by atoms with E-state index in [0.717, 1.165) is 22.8 Å². The van der Waals surface area contributed by atoms with Crippen LogP contribution in [-0.4, -0.2) is 43.4 Å². The summed E-state index contributed by atoms with van der Waals surface area (Å²) in [5, 5.41) is 3.61. The van der Waals surface area contributed by atoms with Crippen LogP contribution >= 0.6 is 11.3 Å². The van der Waals surface area contributed by atoms with Crippen LogP contribution < -0.4 is 15.6 Å². The van der Waals surface area contributed by atoms with Crippen molar-refractivity contribution in [2.24, 2.45) is 0 Å². The van der Waals surface area contributed by atoms with Crippen molar-refractivity contribution in [1.29, 1.82) is 0 Å². The summed E-state index contributed by atoms with van der Waals surface area (Å²) in [6.45, 7) is 2.53. The van der Waals surface area contributed by atoms with Crippen molar-refractivity contribution < 1.29 is 19.0 Å². The Morgan fingerprint density at radius 2 is 1.96 bits per heavy atom. The quantitative estimate of drug-likeness (QED) is 0.440. The van der Waals surface area contributed by atoms with Gasteiger partial charge in [-0.15, -0.1) is 11.3 Å². The number of aromatic nitrogens is 2. The molecule has 0 atom stereocenters.